The first-order valence-corrected chi connectivity index (χ1v) is 7.56. The molecule has 0 radical (unpaired) electrons. The number of nitrogens with zero attached hydrogens (tertiary/aromatic N) is 4. The van der Waals surface area contributed by atoms with Crippen molar-refractivity contribution in [3.05, 3.63) is 60.1 Å². The molecule has 0 spiro atoms. The van der Waals surface area contributed by atoms with Gasteiger partial charge >= 0.3 is 0 Å². The van der Waals surface area contributed by atoms with E-state index in [1.54, 1.807) is 12.4 Å². The second-order valence-corrected chi connectivity index (χ2v) is 5.46. The van der Waals surface area contributed by atoms with Gasteiger partial charge in [-0.05, 0) is 30.3 Å². The average molecular weight is 338 g/mol. The van der Waals surface area contributed by atoms with Crippen molar-refractivity contribution < 1.29 is 0 Å². The number of aromatic nitrogens is 5. The Bertz CT molecular complexity index is 984. The van der Waals surface area contributed by atoms with Crippen molar-refractivity contribution in [2.24, 2.45) is 0 Å². The highest BCUT2D eigenvalue weighted by Gasteiger charge is 2.13. The van der Waals surface area contributed by atoms with Crippen LogP contribution in [0.25, 0.3) is 11.0 Å². The first kappa shape index (κ1) is 14.4. The third-order valence-electron chi connectivity index (χ3n) is 3.37. The molecule has 0 aliphatic rings. The molecule has 0 unspecified atom stereocenters. The number of anilines is 4. The summed E-state index contributed by atoms with van der Waals surface area (Å²) in [4.78, 5) is 12.6. The molecule has 1 aromatic carbocycles. The largest absolute Gasteiger partial charge is 0.339 e. The Morgan fingerprint density at radius 1 is 0.958 bits per heavy atom. The Hall–Kier alpha value is -3.19. The molecular formula is C16H12ClN7. The summed E-state index contributed by atoms with van der Waals surface area (Å²) in [6.45, 7) is 0. The lowest BCUT2D eigenvalue weighted by molar-refractivity contribution is 1.09. The van der Waals surface area contributed by atoms with Crippen LogP contribution in [-0.2, 0) is 0 Å². The molecule has 7 nitrogen and oxygen atoms in total. The van der Waals surface area contributed by atoms with Crippen LogP contribution in [0.4, 0.5) is 23.0 Å². The third kappa shape index (κ3) is 2.84. The zero-order chi connectivity index (χ0) is 16.4. The number of hydrogen-bond acceptors (Lipinski definition) is 6. The van der Waals surface area contributed by atoms with Crippen LogP contribution in [-0.4, -0.2) is 25.1 Å². The Kier molecular flexibility index (Phi) is 3.68. The van der Waals surface area contributed by atoms with E-state index in [2.05, 4.69) is 35.8 Å². The van der Waals surface area contributed by atoms with Gasteiger partial charge in [-0.3, -0.25) is 10.1 Å². The van der Waals surface area contributed by atoms with E-state index in [0.29, 0.717) is 22.3 Å². The van der Waals surface area contributed by atoms with Crippen LogP contribution >= 0.6 is 11.6 Å². The average Bonchev–Trinajstić information content (AvgIpc) is 3.00. The Balaban J connectivity index is 1.74. The number of fused-ring (bicyclic) bond motifs is 1. The van der Waals surface area contributed by atoms with Gasteiger partial charge < -0.3 is 10.6 Å². The van der Waals surface area contributed by atoms with E-state index in [9.17, 15) is 0 Å². The minimum Gasteiger partial charge on any atom is -0.339 e. The van der Waals surface area contributed by atoms with Crippen LogP contribution in [0.15, 0.2) is 55.1 Å². The van der Waals surface area contributed by atoms with Gasteiger partial charge in [-0.15, -0.1) is 0 Å². The molecule has 0 fully saturated rings. The molecule has 8 heteroatoms. The molecule has 4 aromatic rings. The third-order valence-corrected chi connectivity index (χ3v) is 3.60. The number of hydrogen-bond donors (Lipinski definition) is 3. The normalized spacial score (nSPS) is 10.7. The predicted octanol–water partition coefficient (Wildman–Crippen LogP) is 3.89. The fraction of sp³-hybridized carbons (Fsp3) is 0. The summed E-state index contributed by atoms with van der Waals surface area (Å²) in [5.41, 5.74) is 2.28. The molecule has 0 aliphatic heterocycles. The molecule has 3 N–H and O–H groups in total. The zero-order valence-corrected chi connectivity index (χ0v) is 13.1. The van der Waals surface area contributed by atoms with Gasteiger partial charge in [-0.25, -0.2) is 9.97 Å². The van der Waals surface area contributed by atoms with Gasteiger partial charge in [-0.1, -0.05) is 17.7 Å². The predicted molar refractivity (Wildman–Crippen MR) is 93.9 cm³/mol. The molecule has 0 amide bonds. The smallest absolute Gasteiger partial charge is 0.165 e. The Morgan fingerprint density at radius 2 is 1.83 bits per heavy atom. The maximum Gasteiger partial charge on any atom is 0.165 e. The van der Waals surface area contributed by atoms with Gasteiger partial charge in [-0.2, -0.15) is 5.10 Å². The van der Waals surface area contributed by atoms with Crippen molar-refractivity contribution in [1.82, 2.24) is 25.1 Å². The Labute approximate surface area is 142 Å². The summed E-state index contributed by atoms with van der Waals surface area (Å²) in [5.74, 6) is 1.24. The lowest BCUT2D eigenvalue weighted by Gasteiger charge is -2.08. The standard InChI is InChI=1S/C16H12ClN7/c17-10-3-1-4-11(7-10)21-14-13-15(20-9-19-14)23-24-16(13)22-12-5-2-6-18-8-12/h1-9H,(H3,19,20,21,22,23,24). The van der Waals surface area contributed by atoms with Crippen LogP contribution in [0.5, 0.6) is 0 Å². The highest BCUT2D eigenvalue weighted by Crippen LogP contribution is 2.30. The van der Waals surface area contributed by atoms with Crippen LogP contribution in [0.1, 0.15) is 0 Å². The molecule has 0 aliphatic carbocycles. The number of pyridine rings is 1. The fourth-order valence-electron chi connectivity index (χ4n) is 2.32. The second-order valence-electron chi connectivity index (χ2n) is 5.02. The quantitative estimate of drug-likeness (QED) is 0.523. The van der Waals surface area contributed by atoms with Crippen molar-refractivity contribution in [1.29, 1.82) is 0 Å². The van der Waals surface area contributed by atoms with Gasteiger partial charge in [0.2, 0.25) is 0 Å². The number of benzene rings is 1. The zero-order valence-electron chi connectivity index (χ0n) is 12.4. The molecule has 0 saturated carbocycles. The van der Waals surface area contributed by atoms with Gasteiger partial charge in [0.25, 0.3) is 0 Å². The van der Waals surface area contributed by atoms with Gasteiger partial charge in [0, 0.05) is 16.9 Å². The first-order valence-electron chi connectivity index (χ1n) is 7.18. The van der Waals surface area contributed by atoms with E-state index in [4.69, 9.17) is 11.6 Å². The minimum atomic E-state index is 0.614. The topological polar surface area (TPSA) is 91.4 Å². The van der Waals surface area contributed by atoms with Crippen molar-refractivity contribution in [3.8, 4) is 0 Å². The lowest BCUT2D eigenvalue weighted by atomic mass is 10.3. The van der Waals surface area contributed by atoms with E-state index in [-0.39, 0.29) is 0 Å². The number of H-pyrrole nitrogens is 1. The maximum absolute atomic E-state index is 6.04. The number of rotatable bonds is 4. The van der Waals surface area contributed by atoms with E-state index >= 15 is 0 Å². The second kappa shape index (κ2) is 6.13. The van der Waals surface area contributed by atoms with Gasteiger partial charge in [0.15, 0.2) is 11.5 Å². The molecule has 24 heavy (non-hydrogen) atoms. The lowest BCUT2D eigenvalue weighted by Crippen LogP contribution is -1.97. The molecule has 3 heterocycles. The van der Waals surface area contributed by atoms with E-state index < -0.39 is 0 Å². The summed E-state index contributed by atoms with van der Waals surface area (Å²) < 4.78 is 0. The van der Waals surface area contributed by atoms with Crippen LogP contribution in [0.3, 0.4) is 0 Å². The molecule has 3 aromatic heterocycles. The summed E-state index contributed by atoms with van der Waals surface area (Å²) in [5, 5.41) is 15.0. The van der Waals surface area contributed by atoms with Gasteiger partial charge in [0.05, 0.1) is 11.9 Å². The van der Waals surface area contributed by atoms with Crippen molar-refractivity contribution in [2.45, 2.75) is 0 Å². The number of aromatic amines is 1. The van der Waals surface area contributed by atoms with E-state index in [0.717, 1.165) is 16.8 Å². The highest BCUT2D eigenvalue weighted by atomic mass is 35.5. The molecule has 0 saturated heterocycles. The maximum atomic E-state index is 6.04. The highest BCUT2D eigenvalue weighted by molar-refractivity contribution is 6.30. The Morgan fingerprint density at radius 3 is 2.67 bits per heavy atom. The number of halogens is 1. The summed E-state index contributed by atoms with van der Waals surface area (Å²) in [7, 11) is 0. The van der Waals surface area contributed by atoms with Crippen LogP contribution in [0.2, 0.25) is 5.02 Å². The molecule has 0 bridgehead atoms. The summed E-state index contributed by atoms with van der Waals surface area (Å²) >= 11 is 6.04. The molecule has 0 atom stereocenters. The molecule has 4 rings (SSSR count). The monoisotopic (exact) mass is 337 g/mol. The van der Waals surface area contributed by atoms with Crippen LogP contribution < -0.4 is 10.6 Å². The molecule has 118 valence electrons. The fourth-order valence-corrected chi connectivity index (χ4v) is 2.51. The first-order chi connectivity index (χ1) is 11.8. The van der Waals surface area contributed by atoms with E-state index in [1.165, 1.54) is 6.33 Å². The van der Waals surface area contributed by atoms with Crippen molar-refractivity contribution in [3.63, 3.8) is 0 Å². The van der Waals surface area contributed by atoms with Crippen LogP contribution in [0, 0.1) is 0 Å². The minimum absolute atomic E-state index is 0.614. The molecular weight excluding hydrogens is 326 g/mol. The summed E-state index contributed by atoms with van der Waals surface area (Å²) in [6, 6.07) is 11.2. The van der Waals surface area contributed by atoms with Crippen molar-refractivity contribution in [2.75, 3.05) is 10.6 Å². The summed E-state index contributed by atoms with van der Waals surface area (Å²) in [6.07, 6.45) is 4.90. The van der Waals surface area contributed by atoms with Crippen molar-refractivity contribution >= 4 is 45.6 Å². The number of nitrogens with one attached hydrogen (secondary N) is 3. The van der Waals surface area contributed by atoms with E-state index in [1.807, 2.05) is 36.4 Å². The SMILES string of the molecule is Clc1cccc(Nc2ncnc3[nH]nc(Nc4cccnc4)c23)c1. The van der Waals surface area contributed by atoms with Gasteiger partial charge in [0.1, 0.15) is 17.5 Å².